The molecule has 0 radical (unpaired) electrons. The summed E-state index contributed by atoms with van der Waals surface area (Å²) in [6.07, 6.45) is 2.98. The van der Waals surface area contributed by atoms with E-state index >= 15 is 0 Å². The highest BCUT2D eigenvalue weighted by molar-refractivity contribution is 5.56. The molecule has 0 aliphatic carbocycles. The lowest BCUT2D eigenvalue weighted by Crippen LogP contribution is -2.43. The molecule has 5 nitrogen and oxygen atoms in total. The molecule has 21 heavy (non-hydrogen) atoms. The van der Waals surface area contributed by atoms with Crippen molar-refractivity contribution in [3.8, 4) is 17.1 Å². The molecule has 1 unspecified atom stereocenters. The number of phenolic OH excluding ortho intramolecular Hbond substituents is 1. The van der Waals surface area contributed by atoms with E-state index in [1.807, 2.05) is 0 Å². The highest BCUT2D eigenvalue weighted by Crippen LogP contribution is 2.34. The average Bonchev–Trinajstić information content (AvgIpc) is 3.01. The maximum atomic E-state index is 13.4. The Morgan fingerprint density at radius 2 is 2.33 bits per heavy atom. The van der Waals surface area contributed by atoms with E-state index in [9.17, 15) is 9.50 Å². The van der Waals surface area contributed by atoms with Crippen LogP contribution in [0.2, 0.25) is 0 Å². The molecule has 0 spiro atoms. The number of rotatable bonds is 3. The van der Waals surface area contributed by atoms with E-state index < -0.39 is 5.82 Å². The summed E-state index contributed by atoms with van der Waals surface area (Å²) in [5.74, 6) is -0.129. The van der Waals surface area contributed by atoms with E-state index in [1.165, 1.54) is 12.1 Å². The Kier molecular flexibility index (Phi) is 3.63. The van der Waals surface area contributed by atoms with E-state index in [4.69, 9.17) is 4.52 Å². The summed E-state index contributed by atoms with van der Waals surface area (Å²) < 4.78 is 18.9. The molecule has 1 aliphatic rings. The van der Waals surface area contributed by atoms with Gasteiger partial charge in [-0.15, -0.1) is 0 Å². The number of aromatic nitrogens is 2. The molecule has 0 bridgehead atoms. The average molecular weight is 291 g/mol. The summed E-state index contributed by atoms with van der Waals surface area (Å²) in [6, 6.07) is 4.07. The third-order valence-electron chi connectivity index (χ3n) is 4.23. The third kappa shape index (κ3) is 2.51. The molecule has 2 heterocycles. The van der Waals surface area contributed by atoms with Gasteiger partial charge in [0.05, 0.1) is 5.41 Å². The number of aromatic hydroxyl groups is 1. The first kappa shape index (κ1) is 14.0. The Hall–Kier alpha value is -1.95. The number of hydrogen-bond acceptors (Lipinski definition) is 5. The Labute approximate surface area is 122 Å². The van der Waals surface area contributed by atoms with Gasteiger partial charge in [0, 0.05) is 12.1 Å². The topological polar surface area (TPSA) is 71.2 Å². The lowest BCUT2D eigenvalue weighted by Gasteiger charge is -2.33. The fourth-order valence-electron chi connectivity index (χ4n) is 2.81. The van der Waals surface area contributed by atoms with Gasteiger partial charge < -0.3 is 14.9 Å². The molecule has 3 rings (SSSR count). The second-order valence-corrected chi connectivity index (χ2v) is 5.50. The van der Waals surface area contributed by atoms with Gasteiger partial charge in [0.25, 0.3) is 0 Å². The van der Waals surface area contributed by atoms with Crippen LogP contribution in [0.25, 0.3) is 11.4 Å². The number of piperidine rings is 1. The monoisotopic (exact) mass is 291 g/mol. The highest BCUT2D eigenvalue weighted by Gasteiger charge is 2.37. The van der Waals surface area contributed by atoms with Gasteiger partial charge in [-0.05, 0) is 44.0 Å². The molecule has 2 N–H and O–H groups in total. The number of nitrogens with zero attached hydrogens (tertiary/aromatic N) is 2. The van der Waals surface area contributed by atoms with Gasteiger partial charge >= 0.3 is 0 Å². The number of hydrogen-bond donors (Lipinski definition) is 2. The quantitative estimate of drug-likeness (QED) is 0.909. The van der Waals surface area contributed by atoms with Crippen LogP contribution in [0, 0.1) is 5.82 Å². The number of phenols is 1. The zero-order valence-electron chi connectivity index (χ0n) is 11.9. The van der Waals surface area contributed by atoms with Gasteiger partial charge in [-0.1, -0.05) is 12.1 Å². The smallest absolute Gasteiger partial charge is 0.234 e. The fourth-order valence-corrected chi connectivity index (χ4v) is 2.81. The number of halogens is 1. The van der Waals surface area contributed by atoms with Crippen LogP contribution in [0.1, 0.15) is 32.1 Å². The van der Waals surface area contributed by atoms with Gasteiger partial charge in [0.2, 0.25) is 11.7 Å². The van der Waals surface area contributed by atoms with Crippen molar-refractivity contribution in [1.29, 1.82) is 0 Å². The summed E-state index contributed by atoms with van der Waals surface area (Å²) in [4.78, 5) is 4.45. The predicted molar refractivity (Wildman–Crippen MR) is 75.4 cm³/mol. The maximum absolute atomic E-state index is 13.4. The van der Waals surface area contributed by atoms with Crippen LogP contribution >= 0.6 is 0 Å². The lowest BCUT2D eigenvalue weighted by atomic mass is 9.78. The molecule has 2 aromatic rings. The van der Waals surface area contributed by atoms with Crippen molar-refractivity contribution in [2.75, 3.05) is 13.1 Å². The molecule has 0 amide bonds. The van der Waals surface area contributed by atoms with Crippen LogP contribution in [-0.4, -0.2) is 28.3 Å². The van der Waals surface area contributed by atoms with E-state index in [2.05, 4.69) is 22.4 Å². The zero-order chi connectivity index (χ0) is 14.9. The summed E-state index contributed by atoms with van der Waals surface area (Å²) in [6.45, 7) is 3.93. The summed E-state index contributed by atoms with van der Waals surface area (Å²) in [5.41, 5.74) is 0.356. The van der Waals surface area contributed by atoms with Crippen molar-refractivity contribution in [2.24, 2.45) is 0 Å². The molecule has 1 aliphatic heterocycles. The van der Waals surface area contributed by atoms with Crippen LogP contribution in [0.3, 0.4) is 0 Å². The Bertz CT molecular complexity index is 636. The third-order valence-corrected chi connectivity index (χ3v) is 4.23. The number of benzene rings is 1. The van der Waals surface area contributed by atoms with Crippen molar-refractivity contribution >= 4 is 0 Å². The van der Waals surface area contributed by atoms with Crippen LogP contribution in [-0.2, 0) is 5.41 Å². The second kappa shape index (κ2) is 5.44. The number of nitrogens with one attached hydrogen (secondary N) is 1. The first-order valence-corrected chi connectivity index (χ1v) is 7.18. The van der Waals surface area contributed by atoms with E-state index in [1.54, 1.807) is 6.07 Å². The molecule has 1 saturated heterocycles. The van der Waals surface area contributed by atoms with E-state index in [-0.39, 0.29) is 11.2 Å². The summed E-state index contributed by atoms with van der Waals surface area (Å²) in [7, 11) is 0. The minimum atomic E-state index is -0.691. The molecule has 1 aromatic heterocycles. The predicted octanol–water partition coefficient (Wildman–Crippen LogP) is 2.61. The lowest BCUT2D eigenvalue weighted by molar-refractivity contribution is 0.221. The standard InChI is InChI=1S/C15H18FN3O2/c1-2-15(6-3-7-17-9-15)14-18-13(19-21-14)10-4-5-12(20)11(16)8-10/h4-5,8,17,20H,2-3,6-7,9H2,1H3. The SMILES string of the molecule is CCC1(c2nc(-c3ccc(O)c(F)c3)no2)CCCNC1. The van der Waals surface area contributed by atoms with Crippen molar-refractivity contribution in [1.82, 2.24) is 15.5 Å². The van der Waals surface area contributed by atoms with E-state index in [0.29, 0.717) is 17.3 Å². The normalized spacial score (nSPS) is 22.4. The van der Waals surface area contributed by atoms with Crippen LogP contribution in [0.4, 0.5) is 4.39 Å². The minimum Gasteiger partial charge on any atom is -0.505 e. The zero-order valence-corrected chi connectivity index (χ0v) is 11.9. The maximum Gasteiger partial charge on any atom is 0.234 e. The molecule has 6 heteroatoms. The van der Waals surface area contributed by atoms with Crippen LogP contribution in [0.15, 0.2) is 22.7 Å². The van der Waals surface area contributed by atoms with Crippen LogP contribution in [0.5, 0.6) is 5.75 Å². The largest absolute Gasteiger partial charge is 0.505 e. The molecule has 112 valence electrons. The molecular weight excluding hydrogens is 273 g/mol. The fraction of sp³-hybridized carbons (Fsp3) is 0.467. The van der Waals surface area contributed by atoms with Gasteiger partial charge in [0.15, 0.2) is 11.6 Å². The molecule has 1 fully saturated rings. The van der Waals surface area contributed by atoms with Crippen molar-refractivity contribution in [3.05, 3.63) is 29.9 Å². The minimum absolute atomic E-state index is 0.140. The van der Waals surface area contributed by atoms with Crippen molar-refractivity contribution in [3.63, 3.8) is 0 Å². The second-order valence-electron chi connectivity index (χ2n) is 5.50. The Morgan fingerprint density at radius 3 is 3.00 bits per heavy atom. The van der Waals surface area contributed by atoms with E-state index in [0.717, 1.165) is 32.4 Å². The molecule has 1 aromatic carbocycles. The van der Waals surface area contributed by atoms with Crippen molar-refractivity contribution < 1.29 is 14.0 Å². The Morgan fingerprint density at radius 1 is 1.48 bits per heavy atom. The van der Waals surface area contributed by atoms with Gasteiger partial charge in [-0.3, -0.25) is 0 Å². The van der Waals surface area contributed by atoms with Crippen molar-refractivity contribution in [2.45, 2.75) is 31.6 Å². The van der Waals surface area contributed by atoms with Gasteiger partial charge in [-0.25, -0.2) is 4.39 Å². The summed E-state index contributed by atoms with van der Waals surface area (Å²) >= 11 is 0. The Balaban J connectivity index is 1.93. The van der Waals surface area contributed by atoms with Gasteiger partial charge in [-0.2, -0.15) is 4.98 Å². The molecular formula is C15H18FN3O2. The van der Waals surface area contributed by atoms with Gasteiger partial charge in [0.1, 0.15) is 0 Å². The first-order chi connectivity index (χ1) is 10.1. The highest BCUT2D eigenvalue weighted by atomic mass is 19.1. The molecule has 0 saturated carbocycles. The van der Waals surface area contributed by atoms with Crippen LogP contribution < -0.4 is 5.32 Å². The molecule has 1 atom stereocenters. The summed E-state index contributed by atoms with van der Waals surface area (Å²) in [5, 5.41) is 16.6. The first-order valence-electron chi connectivity index (χ1n) is 7.18.